The summed E-state index contributed by atoms with van der Waals surface area (Å²) in [5.74, 6) is 0.929. The first kappa shape index (κ1) is 15.1. The van der Waals surface area contributed by atoms with Gasteiger partial charge in [0.1, 0.15) is 5.75 Å². The summed E-state index contributed by atoms with van der Waals surface area (Å²) in [6.07, 6.45) is 2.10. The van der Waals surface area contributed by atoms with E-state index >= 15 is 0 Å². The molecule has 0 saturated heterocycles. The molecule has 0 spiro atoms. The molecule has 0 N–H and O–H groups in total. The van der Waals surface area contributed by atoms with Crippen LogP contribution in [-0.2, 0) is 12.8 Å². The van der Waals surface area contributed by atoms with Crippen LogP contribution in [0.4, 0.5) is 0 Å². The summed E-state index contributed by atoms with van der Waals surface area (Å²) in [5.41, 5.74) is 5.28. The number of ether oxygens (including phenoxy) is 1. The molecular formula is C18H21BrO. The van der Waals surface area contributed by atoms with Gasteiger partial charge in [0.25, 0.3) is 0 Å². The highest BCUT2D eigenvalue weighted by molar-refractivity contribution is 9.09. The number of benzene rings is 2. The minimum absolute atomic E-state index is 0.167. The Morgan fingerprint density at radius 1 is 1.00 bits per heavy atom. The predicted octanol–water partition coefficient (Wildman–Crippen LogP) is 5.30. The third-order valence-electron chi connectivity index (χ3n) is 3.68. The van der Waals surface area contributed by atoms with Crippen LogP contribution in [0.25, 0.3) is 0 Å². The van der Waals surface area contributed by atoms with Gasteiger partial charge in [-0.2, -0.15) is 0 Å². The molecule has 0 aromatic heterocycles. The topological polar surface area (TPSA) is 9.23 Å². The lowest BCUT2D eigenvalue weighted by Gasteiger charge is -2.18. The molecule has 1 atom stereocenters. The Labute approximate surface area is 130 Å². The van der Waals surface area contributed by atoms with E-state index in [0.29, 0.717) is 0 Å². The zero-order chi connectivity index (χ0) is 14.5. The Bertz CT molecular complexity index is 577. The first-order valence-corrected chi connectivity index (χ1v) is 8.01. The number of halogens is 1. The van der Waals surface area contributed by atoms with Crippen LogP contribution in [0.15, 0.2) is 42.5 Å². The Balaban J connectivity index is 2.49. The van der Waals surface area contributed by atoms with Crippen LogP contribution < -0.4 is 4.74 Å². The van der Waals surface area contributed by atoms with Crippen molar-refractivity contribution in [2.75, 3.05) is 7.11 Å². The van der Waals surface area contributed by atoms with Crippen molar-refractivity contribution in [2.24, 2.45) is 0 Å². The summed E-state index contributed by atoms with van der Waals surface area (Å²) in [7, 11) is 1.72. The lowest BCUT2D eigenvalue weighted by molar-refractivity contribution is 0.410. The molecule has 0 heterocycles. The highest BCUT2D eigenvalue weighted by Gasteiger charge is 2.17. The number of alkyl halides is 1. The molecule has 2 heteroatoms. The highest BCUT2D eigenvalue weighted by atomic mass is 79.9. The van der Waals surface area contributed by atoms with E-state index < -0.39 is 0 Å². The van der Waals surface area contributed by atoms with Crippen molar-refractivity contribution in [2.45, 2.75) is 31.5 Å². The molecule has 0 bridgehead atoms. The van der Waals surface area contributed by atoms with Gasteiger partial charge in [-0.05, 0) is 35.6 Å². The summed E-state index contributed by atoms with van der Waals surface area (Å²) in [6, 6.07) is 15.0. The van der Waals surface area contributed by atoms with Gasteiger partial charge in [0.2, 0.25) is 0 Å². The molecule has 0 aliphatic rings. The van der Waals surface area contributed by atoms with Crippen LogP contribution in [0.2, 0.25) is 0 Å². The van der Waals surface area contributed by atoms with Crippen LogP contribution in [0.5, 0.6) is 5.75 Å². The van der Waals surface area contributed by atoms with Gasteiger partial charge < -0.3 is 4.74 Å². The van der Waals surface area contributed by atoms with Gasteiger partial charge >= 0.3 is 0 Å². The molecule has 0 radical (unpaired) electrons. The standard InChI is InChI=1S/C18H21BrO/c1-4-13-10-11-14(5-2)16(12-13)18(19)15-8-6-7-9-17(15)20-3/h6-12,18H,4-5H2,1-3H3. The van der Waals surface area contributed by atoms with Gasteiger partial charge in [0, 0.05) is 5.56 Å². The molecule has 0 amide bonds. The van der Waals surface area contributed by atoms with Gasteiger partial charge in [-0.1, -0.05) is 66.2 Å². The second-order valence-corrected chi connectivity index (χ2v) is 5.76. The van der Waals surface area contributed by atoms with Crippen LogP contribution in [0, 0.1) is 0 Å². The second kappa shape index (κ2) is 6.94. The van der Waals surface area contributed by atoms with E-state index in [1.165, 1.54) is 22.3 Å². The largest absolute Gasteiger partial charge is 0.496 e. The average Bonchev–Trinajstić information content (AvgIpc) is 2.53. The molecule has 20 heavy (non-hydrogen) atoms. The first-order chi connectivity index (χ1) is 9.71. The second-order valence-electron chi connectivity index (χ2n) is 4.84. The van der Waals surface area contributed by atoms with Gasteiger partial charge in [0.05, 0.1) is 11.9 Å². The Hall–Kier alpha value is -1.28. The molecule has 2 rings (SSSR count). The maximum atomic E-state index is 5.49. The summed E-state index contributed by atoms with van der Waals surface area (Å²) >= 11 is 3.86. The predicted molar refractivity (Wildman–Crippen MR) is 89.0 cm³/mol. The van der Waals surface area contributed by atoms with Gasteiger partial charge in [-0.15, -0.1) is 0 Å². The minimum atomic E-state index is 0.167. The van der Waals surface area contributed by atoms with Crippen molar-refractivity contribution in [1.29, 1.82) is 0 Å². The molecule has 2 aromatic rings. The SMILES string of the molecule is CCc1ccc(CC)c(C(Br)c2ccccc2OC)c1. The molecule has 1 unspecified atom stereocenters. The highest BCUT2D eigenvalue weighted by Crippen LogP contribution is 2.38. The summed E-state index contributed by atoms with van der Waals surface area (Å²) in [4.78, 5) is 0.167. The van der Waals surface area contributed by atoms with Crippen molar-refractivity contribution < 1.29 is 4.74 Å². The van der Waals surface area contributed by atoms with E-state index in [1.807, 2.05) is 12.1 Å². The van der Waals surface area contributed by atoms with E-state index in [0.717, 1.165) is 18.6 Å². The maximum absolute atomic E-state index is 5.49. The molecule has 0 saturated carbocycles. The quantitative estimate of drug-likeness (QED) is 0.674. The fourth-order valence-corrected chi connectivity index (χ4v) is 3.27. The first-order valence-electron chi connectivity index (χ1n) is 7.09. The summed E-state index contributed by atoms with van der Waals surface area (Å²) in [5, 5.41) is 0. The molecule has 106 valence electrons. The smallest absolute Gasteiger partial charge is 0.123 e. The van der Waals surface area contributed by atoms with Gasteiger partial charge in [-0.25, -0.2) is 0 Å². The molecule has 1 nitrogen and oxygen atoms in total. The fraction of sp³-hybridized carbons (Fsp3) is 0.333. The zero-order valence-corrected chi connectivity index (χ0v) is 13.9. The van der Waals surface area contributed by atoms with Crippen molar-refractivity contribution in [3.05, 3.63) is 64.7 Å². The molecule has 0 fully saturated rings. The number of hydrogen-bond acceptors (Lipinski definition) is 1. The fourth-order valence-electron chi connectivity index (χ4n) is 2.47. The van der Waals surface area contributed by atoms with E-state index in [2.05, 4.69) is 60.1 Å². The van der Waals surface area contributed by atoms with Crippen LogP contribution in [-0.4, -0.2) is 7.11 Å². The Kier molecular flexibility index (Phi) is 5.24. The van der Waals surface area contributed by atoms with Crippen LogP contribution in [0.3, 0.4) is 0 Å². The van der Waals surface area contributed by atoms with Crippen molar-refractivity contribution in [1.82, 2.24) is 0 Å². The van der Waals surface area contributed by atoms with Crippen molar-refractivity contribution in [3.63, 3.8) is 0 Å². The lowest BCUT2D eigenvalue weighted by atomic mass is 9.95. The van der Waals surface area contributed by atoms with E-state index in [1.54, 1.807) is 7.11 Å². The average molecular weight is 333 g/mol. The number of rotatable bonds is 5. The monoisotopic (exact) mass is 332 g/mol. The lowest BCUT2D eigenvalue weighted by Crippen LogP contribution is -2.01. The van der Waals surface area contributed by atoms with Crippen molar-refractivity contribution >= 4 is 15.9 Å². The van der Waals surface area contributed by atoms with E-state index in [-0.39, 0.29) is 4.83 Å². The van der Waals surface area contributed by atoms with Crippen molar-refractivity contribution in [3.8, 4) is 5.75 Å². The third-order valence-corrected chi connectivity index (χ3v) is 4.67. The van der Waals surface area contributed by atoms with Gasteiger partial charge in [-0.3, -0.25) is 0 Å². The van der Waals surface area contributed by atoms with Gasteiger partial charge in [0.15, 0.2) is 0 Å². The summed E-state index contributed by atoms with van der Waals surface area (Å²) in [6.45, 7) is 4.39. The minimum Gasteiger partial charge on any atom is -0.496 e. The van der Waals surface area contributed by atoms with E-state index in [9.17, 15) is 0 Å². The Morgan fingerprint density at radius 2 is 1.75 bits per heavy atom. The van der Waals surface area contributed by atoms with Crippen LogP contribution in [0.1, 0.15) is 40.9 Å². The molecule has 0 aliphatic heterocycles. The number of methoxy groups -OCH3 is 1. The Morgan fingerprint density at radius 3 is 2.40 bits per heavy atom. The molecule has 0 aliphatic carbocycles. The number of aryl methyl sites for hydroxylation is 2. The zero-order valence-electron chi connectivity index (χ0n) is 12.3. The molecule has 2 aromatic carbocycles. The van der Waals surface area contributed by atoms with Crippen LogP contribution >= 0.6 is 15.9 Å². The summed E-state index contributed by atoms with van der Waals surface area (Å²) < 4.78 is 5.49. The maximum Gasteiger partial charge on any atom is 0.123 e. The third kappa shape index (κ3) is 3.06. The molecular weight excluding hydrogens is 312 g/mol. The normalized spacial score (nSPS) is 12.2. The van der Waals surface area contributed by atoms with E-state index in [4.69, 9.17) is 4.74 Å². The number of hydrogen-bond donors (Lipinski definition) is 0. The number of para-hydroxylation sites is 1.